The second-order valence-corrected chi connectivity index (χ2v) is 8.21. The lowest BCUT2D eigenvalue weighted by atomic mass is 10.1. The molecule has 0 aliphatic rings. The standard InChI is InChI=1S/C25H23FN4OS/c26-22-14-8-7-13-21(22)24-27-25(29-28-24)32-18-23(31)30(17-20-11-5-2-6-12-20)16-15-19-9-3-1-4-10-19/h1-14H,15-18H2,(H,27,28,29). The number of aromatic nitrogens is 3. The first-order valence-electron chi connectivity index (χ1n) is 10.3. The Kier molecular flexibility index (Phi) is 7.30. The van der Waals surface area contributed by atoms with Crippen LogP contribution in [0.25, 0.3) is 11.4 Å². The van der Waals surface area contributed by atoms with Gasteiger partial charge in [0.05, 0.1) is 11.3 Å². The van der Waals surface area contributed by atoms with Crippen LogP contribution in [0.1, 0.15) is 11.1 Å². The Labute approximate surface area is 190 Å². The summed E-state index contributed by atoms with van der Waals surface area (Å²) in [6, 6.07) is 26.5. The second kappa shape index (κ2) is 10.7. The lowest BCUT2D eigenvalue weighted by Gasteiger charge is -2.23. The first-order chi connectivity index (χ1) is 15.7. The molecule has 0 saturated carbocycles. The molecule has 1 heterocycles. The number of aromatic amines is 1. The maximum Gasteiger partial charge on any atom is 0.233 e. The molecule has 5 nitrogen and oxygen atoms in total. The molecular formula is C25H23FN4OS. The molecule has 1 amide bonds. The van der Waals surface area contributed by atoms with E-state index in [1.165, 1.54) is 23.4 Å². The average Bonchev–Trinajstić information content (AvgIpc) is 3.30. The van der Waals surface area contributed by atoms with Gasteiger partial charge in [-0.2, -0.15) is 0 Å². The van der Waals surface area contributed by atoms with Crippen molar-refractivity contribution in [2.75, 3.05) is 12.3 Å². The SMILES string of the molecule is O=C(CSc1n[nH]c(-c2ccccc2F)n1)N(CCc1ccccc1)Cc1ccccc1. The molecule has 0 aliphatic carbocycles. The Morgan fingerprint density at radius 1 is 0.906 bits per heavy atom. The van der Waals surface area contributed by atoms with E-state index in [1.807, 2.05) is 53.4 Å². The van der Waals surface area contributed by atoms with Crippen molar-refractivity contribution in [3.63, 3.8) is 0 Å². The van der Waals surface area contributed by atoms with Crippen LogP contribution in [0.4, 0.5) is 4.39 Å². The molecule has 7 heteroatoms. The zero-order valence-electron chi connectivity index (χ0n) is 17.4. The summed E-state index contributed by atoms with van der Waals surface area (Å²) in [6.07, 6.45) is 0.780. The zero-order valence-corrected chi connectivity index (χ0v) is 18.3. The Hall–Kier alpha value is -3.45. The van der Waals surface area contributed by atoms with Crippen molar-refractivity contribution in [3.8, 4) is 11.4 Å². The van der Waals surface area contributed by atoms with E-state index in [0.717, 1.165) is 12.0 Å². The van der Waals surface area contributed by atoms with E-state index >= 15 is 0 Å². The molecule has 0 atom stereocenters. The summed E-state index contributed by atoms with van der Waals surface area (Å²) in [6.45, 7) is 1.16. The minimum atomic E-state index is -0.369. The Bertz CT molecular complexity index is 1150. The molecule has 4 rings (SSSR count). The number of hydrogen-bond donors (Lipinski definition) is 1. The number of thioether (sulfide) groups is 1. The van der Waals surface area contributed by atoms with E-state index < -0.39 is 0 Å². The number of hydrogen-bond acceptors (Lipinski definition) is 4. The molecule has 0 radical (unpaired) electrons. The van der Waals surface area contributed by atoms with Crippen molar-refractivity contribution in [1.82, 2.24) is 20.1 Å². The van der Waals surface area contributed by atoms with Gasteiger partial charge < -0.3 is 4.90 Å². The molecule has 0 saturated heterocycles. The van der Waals surface area contributed by atoms with Gasteiger partial charge in [-0.05, 0) is 29.7 Å². The monoisotopic (exact) mass is 446 g/mol. The van der Waals surface area contributed by atoms with Gasteiger partial charge in [-0.1, -0.05) is 84.6 Å². The van der Waals surface area contributed by atoms with Crippen LogP contribution in [0.15, 0.2) is 90.1 Å². The van der Waals surface area contributed by atoms with Gasteiger partial charge in [-0.25, -0.2) is 9.37 Å². The van der Waals surface area contributed by atoms with Gasteiger partial charge >= 0.3 is 0 Å². The van der Waals surface area contributed by atoms with E-state index in [9.17, 15) is 9.18 Å². The van der Waals surface area contributed by atoms with Crippen LogP contribution in [-0.4, -0.2) is 38.3 Å². The van der Waals surface area contributed by atoms with Crippen molar-refractivity contribution in [2.45, 2.75) is 18.1 Å². The first kappa shape index (κ1) is 21.8. The number of rotatable bonds is 9. The molecule has 0 fully saturated rings. The van der Waals surface area contributed by atoms with Gasteiger partial charge in [0, 0.05) is 13.1 Å². The smallest absolute Gasteiger partial charge is 0.233 e. The summed E-state index contributed by atoms with van der Waals surface area (Å²) in [4.78, 5) is 19.2. The van der Waals surface area contributed by atoms with Crippen molar-refractivity contribution >= 4 is 17.7 Å². The lowest BCUT2D eigenvalue weighted by molar-refractivity contribution is -0.128. The van der Waals surface area contributed by atoms with E-state index in [2.05, 4.69) is 27.3 Å². The summed E-state index contributed by atoms with van der Waals surface area (Å²) in [5.41, 5.74) is 2.62. The fraction of sp³-hybridized carbons (Fsp3) is 0.160. The number of nitrogens with one attached hydrogen (secondary N) is 1. The number of benzene rings is 3. The maximum atomic E-state index is 14.0. The van der Waals surface area contributed by atoms with Crippen LogP contribution < -0.4 is 0 Å². The van der Waals surface area contributed by atoms with Crippen molar-refractivity contribution in [3.05, 3.63) is 102 Å². The predicted molar refractivity (Wildman–Crippen MR) is 125 cm³/mol. The number of nitrogens with zero attached hydrogens (tertiary/aromatic N) is 3. The molecule has 1 N–H and O–H groups in total. The largest absolute Gasteiger partial charge is 0.337 e. The molecule has 162 valence electrons. The normalized spacial score (nSPS) is 10.8. The third-order valence-electron chi connectivity index (χ3n) is 5.00. The van der Waals surface area contributed by atoms with Crippen LogP contribution in [0.3, 0.4) is 0 Å². The highest BCUT2D eigenvalue weighted by Crippen LogP contribution is 2.22. The molecule has 0 unspecified atom stereocenters. The zero-order chi connectivity index (χ0) is 22.2. The quantitative estimate of drug-likeness (QED) is 0.369. The molecule has 3 aromatic carbocycles. The summed E-state index contributed by atoms with van der Waals surface area (Å²) in [5.74, 6) is 0.192. The van der Waals surface area contributed by atoms with Gasteiger partial charge in [0.15, 0.2) is 5.82 Å². The predicted octanol–water partition coefficient (Wildman–Crippen LogP) is 4.97. The maximum absolute atomic E-state index is 14.0. The van der Waals surface area contributed by atoms with E-state index in [0.29, 0.717) is 29.6 Å². The Morgan fingerprint density at radius 3 is 2.28 bits per heavy atom. The molecule has 1 aromatic heterocycles. The number of carbonyl (C=O) groups is 1. The molecule has 32 heavy (non-hydrogen) atoms. The fourth-order valence-corrected chi connectivity index (χ4v) is 4.01. The molecule has 0 bridgehead atoms. The molecular weight excluding hydrogens is 423 g/mol. The lowest BCUT2D eigenvalue weighted by Crippen LogP contribution is -2.33. The third kappa shape index (κ3) is 5.82. The fourth-order valence-electron chi connectivity index (χ4n) is 3.31. The molecule has 0 aliphatic heterocycles. The van der Waals surface area contributed by atoms with Gasteiger partial charge in [-0.3, -0.25) is 9.89 Å². The van der Waals surface area contributed by atoms with Gasteiger partial charge in [-0.15, -0.1) is 5.10 Å². The Morgan fingerprint density at radius 2 is 1.56 bits per heavy atom. The number of H-pyrrole nitrogens is 1. The van der Waals surface area contributed by atoms with Crippen LogP contribution in [0, 0.1) is 5.82 Å². The van der Waals surface area contributed by atoms with Gasteiger partial charge in [0.1, 0.15) is 5.82 Å². The number of amides is 1. The summed E-state index contributed by atoms with van der Waals surface area (Å²) in [5, 5.41) is 7.30. The summed E-state index contributed by atoms with van der Waals surface area (Å²) < 4.78 is 14.0. The first-order valence-corrected chi connectivity index (χ1v) is 11.3. The van der Waals surface area contributed by atoms with Crippen molar-refractivity contribution in [2.24, 2.45) is 0 Å². The molecule has 0 spiro atoms. The van der Waals surface area contributed by atoms with Crippen molar-refractivity contribution in [1.29, 1.82) is 0 Å². The number of carbonyl (C=O) groups excluding carboxylic acids is 1. The summed E-state index contributed by atoms with van der Waals surface area (Å²) in [7, 11) is 0. The average molecular weight is 447 g/mol. The minimum absolute atomic E-state index is 0.00651. The van der Waals surface area contributed by atoms with Crippen LogP contribution in [0.2, 0.25) is 0 Å². The van der Waals surface area contributed by atoms with Gasteiger partial charge in [0.25, 0.3) is 0 Å². The van der Waals surface area contributed by atoms with E-state index in [1.54, 1.807) is 18.2 Å². The Balaban J connectivity index is 1.41. The minimum Gasteiger partial charge on any atom is -0.337 e. The molecule has 4 aromatic rings. The van der Waals surface area contributed by atoms with Gasteiger partial charge in [0.2, 0.25) is 11.1 Å². The van der Waals surface area contributed by atoms with Crippen LogP contribution in [-0.2, 0) is 17.8 Å². The summed E-state index contributed by atoms with van der Waals surface area (Å²) >= 11 is 1.24. The highest BCUT2D eigenvalue weighted by molar-refractivity contribution is 7.99. The second-order valence-electron chi connectivity index (χ2n) is 7.27. The van der Waals surface area contributed by atoms with Crippen LogP contribution >= 0.6 is 11.8 Å². The topological polar surface area (TPSA) is 61.9 Å². The highest BCUT2D eigenvalue weighted by Gasteiger charge is 2.17. The van der Waals surface area contributed by atoms with Crippen LogP contribution in [0.5, 0.6) is 0 Å². The van der Waals surface area contributed by atoms with E-state index in [4.69, 9.17) is 0 Å². The number of halogens is 1. The third-order valence-corrected chi connectivity index (χ3v) is 5.83. The highest BCUT2D eigenvalue weighted by atomic mass is 32.2. The van der Waals surface area contributed by atoms with E-state index in [-0.39, 0.29) is 17.5 Å². The van der Waals surface area contributed by atoms with Crippen molar-refractivity contribution < 1.29 is 9.18 Å².